The Morgan fingerprint density at radius 1 is 1.06 bits per heavy atom. The summed E-state index contributed by atoms with van der Waals surface area (Å²) < 4.78 is 1.56. The van der Waals surface area contributed by atoms with Gasteiger partial charge in [0.25, 0.3) is 0 Å². The van der Waals surface area contributed by atoms with Gasteiger partial charge in [0.1, 0.15) is 0 Å². The molecule has 92 valence electrons. The van der Waals surface area contributed by atoms with E-state index in [2.05, 4.69) is 0 Å². The minimum absolute atomic E-state index is 0.175. The van der Waals surface area contributed by atoms with Crippen molar-refractivity contribution in [2.45, 2.75) is 6.92 Å². The number of nitrogens with zero attached hydrogens (tertiary/aromatic N) is 1. The Balaban J connectivity index is 2.68. The van der Waals surface area contributed by atoms with E-state index in [9.17, 15) is 9.59 Å². The molecule has 1 aromatic heterocycles. The zero-order chi connectivity index (χ0) is 13.3. The van der Waals surface area contributed by atoms with Crippen molar-refractivity contribution in [2.24, 2.45) is 0 Å². The van der Waals surface area contributed by atoms with E-state index < -0.39 is 11.9 Å². The summed E-state index contributed by atoms with van der Waals surface area (Å²) in [5.74, 6) is -2.48. The molecular formula is C13H11NO4. The lowest BCUT2D eigenvalue weighted by Crippen LogP contribution is -2.06. The Morgan fingerprint density at radius 3 is 2.11 bits per heavy atom. The molecule has 2 rings (SSSR count). The maximum atomic E-state index is 11.1. The number of carboxylic acid groups (broad SMARTS) is 2. The maximum Gasteiger partial charge on any atom is 0.338 e. The number of rotatable bonds is 3. The summed E-state index contributed by atoms with van der Waals surface area (Å²) in [6.07, 6.45) is 1.33. The van der Waals surface area contributed by atoms with Gasteiger partial charge in [0.15, 0.2) is 0 Å². The quantitative estimate of drug-likeness (QED) is 0.868. The molecule has 0 amide bonds. The van der Waals surface area contributed by atoms with Crippen molar-refractivity contribution in [3.63, 3.8) is 0 Å². The molecule has 0 aliphatic carbocycles. The van der Waals surface area contributed by atoms with E-state index in [0.29, 0.717) is 5.69 Å². The van der Waals surface area contributed by atoms with Crippen LogP contribution >= 0.6 is 0 Å². The molecule has 0 fully saturated rings. The zero-order valence-corrected chi connectivity index (χ0v) is 9.62. The van der Waals surface area contributed by atoms with Gasteiger partial charge in [-0.2, -0.15) is 0 Å². The molecule has 0 radical (unpaired) electrons. The third-order valence-corrected chi connectivity index (χ3v) is 2.73. The first kappa shape index (κ1) is 11.9. The fourth-order valence-corrected chi connectivity index (χ4v) is 1.89. The first-order valence-corrected chi connectivity index (χ1v) is 5.26. The number of hydrogen-bond acceptors (Lipinski definition) is 2. The second-order valence-electron chi connectivity index (χ2n) is 3.82. The van der Waals surface area contributed by atoms with Gasteiger partial charge in [0.2, 0.25) is 0 Å². The number of carboxylic acids is 2. The van der Waals surface area contributed by atoms with E-state index in [0.717, 1.165) is 5.69 Å². The van der Waals surface area contributed by atoms with Gasteiger partial charge in [0, 0.05) is 17.6 Å². The van der Waals surface area contributed by atoms with Gasteiger partial charge in [-0.1, -0.05) is 18.2 Å². The van der Waals surface area contributed by atoms with Crippen molar-refractivity contribution < 1.29 is 19.8 Å². The van der Waals surface area contributed by atoms with E-state index in [4.69, 9.17) is 10.2 Å². The van der Waals surface area contributed by atoms with E-state index >= 15 is 0 Å². The van der Waals surface area contributed by atoms with Crippen LogP contribution in [0.5, 0.6) is 0 Å². The average molecular weight is 245 g/mol. The van der Waals surface area contributed by atoms with Gasteiger partial charge in [0.05, 0.1) is 11.1 Å². The SMILES string of the molecule is Cc1c(C(=O)O)c(C(=O)O)cn1-c1ccccc1. The number of aromatic carboxylic acids is 2. The maximum absolute atomic E-state index is 11.1. The molecule has 2 aromatic rings. The van der Waals surface area contributed by atoms with Crippen LogP contribution < -0.4 is 0 Å². The summed E-state index contributed by atoms with van der Waals surface area (Å²) >= 11 is 0. The van der Waals surface area contributed by atoms with Gasteiger partial charge in [-0.3, -0.25) is 0 Å². The van der Waals surface area contributed by atoms with Crippen LogP contribution in [0.2, 0.25) is 0 Å². The van der Waals surface area contributed by atoms with E-state index in [-0.39, 0.29) is 11.1 Å². The zero-order valence-electron chi connectivity index (χ0n) is 9.62. The van der Waals surface area contributed by atoms with E-state index in [1.54, 1.807) is 35.8 Å². The van der Waals surface area contributed by atoms with Crippen LogP contribution in [-0.2, 0) is 0 Å². The Labute approximate surface area is 103 Å². The smallest absolute Gasteiger partial charge is 0.338 e. The molecular weight excluding hydrogens is 234 g/mol. The standard InChI is InChI=1S/C13H11NO4/c1-8-11(13(17)18)10(12(15)16)7-14(8)9-5-3-2-4-6-9/h2-7H,1H3,(H,15,16)(H,17,18). The van der Waals surface area contributed by atoms with Crippen molar-refractivity contribution in [1.29, 1.82) is 0 Å². The Kier molecular flexibility index (Phi) is 2.89. The molecule has 0 saturated carbocycles. The Hall–Kier alpha value is -2.56. The summed E-state index contributed by atoms with van der Waals surface area (Å²) in [7, 11) is 0. The van der Waals surface area contributed by atoms with Gasteiger partial charge in [-0.05, 0) is 19.1 Å². The number of aromatic nitrogens is 1. The predicted octanol–water partition coefficient (Wildman–Crippen LogP) is 2.18. The number of para-hydroxylation sites is 1. The van der Waals surface area contributed by atoms with Crippen LogP contribution in [0.3, 0.4) is 0 Å². The fraction of sp³-hybridized carbons (Fsp3) is 0.0769. The molecule has 0 atom stereocenters. The molecule has 0 aliphatic rings. The van der Waals surface area contributed by atoms with Crippen molar-refractivity contribution in [2.75, 3.05) is 0 Å². The molecule has 0 unspecified atom stereocenters. The van der Waals surface area contributed by atoms with Crippen LogP contribution in [-0.4, -0.2) is 26.7 Å². The lowest BCUT2D eigenvalue weighted by molar-refractivity contribution is 0.0652. The van der Waals surface area contributed by atoms with Crippen LogP contribution in [0.25, 0.3) is 5.69 Å². The van der Waals surface area contributed by atoms with Gasteiger partial charge in [-0.15, -0.1) is 0 Å². The molecule has 0 saturated heterocycles. The first-order chi connectivity index (χ1) is 8.52. The summed E-state index contributed by atoms with van der Waals surface area (Å²) in [5, 5.41) is 18.1. The lowest BCUT2D eigenvalue weighted by Gasteiger charge is -2.05. The second-order valence-corrected chi connectivity index (χ2v) is 3.82. The number of hydrogen-bond donors (Lipinski definition) is 2. The summed E-state index contributed by atoms with van der Waals surface area (Å²) in [4.78, 5) is 22.2. The Morgan fingerprint density at radius 2 is 1.67 bits per heavy atom. The van der Waals surface area contributed by atoms with Crippen molar-refractivity contribution in [3.8, 4) is 5.69 Å². The summed E-state index contributed by atoms with van der Waals surface area (Å²) in [6.45, 7) is 1.59. The highest BCUT2D eigenvalue weighted by Gasteiger charge is 2.23. The summed E-state index contributed by atoms with van der Waals surface area (Å²) in [5.41, 5.74) is 0.742. The highest BCUT2D eigenvalue weighted by atomic mass is 16.4. The highest BCUT2D eigenvalue weighted by molar-refractivity contribution is 6.02. The third-order valence-electron chi connectivity index (χ3n) is 2.73. The number of benzene rings is 1. The predicted molar refractivity (Wildman–Crippen MR) is 64.4 cm³/mol. The van der Waals surface area contributed by atoms with Crippen LogP contribution in [0.15, 0.2) is 36.5 Å². The van der Waals surface area contributed by atoms with Crippen LogP contribution in [0.4, 0.5) is 0 Å². The van der Waals surface area contributed by atoms with Crippen molar-refractivity contribution >= 4 is 11.9 Å². The topological polar surface area (TPSA) is 79.5 Å². The van der Waals surface area contributed by atoms with Crippen LogP contribution in [0, 0.1) is 6.92 Å². The molecule has 0 aliphatic heterocycles. The monoisotopic (exact) mass is 245 g/mol. The Bertz CT molecular complexity index is 613. The molecule has 1 aromatic carbocycles. The molecule has 18 heavy (non-hydrogen) atoms. The highest BCUT2D eigenvalue weighted by Crippen LogP contribution is 2.21. The average Bonchev–Trinajstić information content (AvgIpc) is 2.68. The largest absolute Gasteiger partial charge is 0.478 e. The number of carbonyl (C=O) groups is 2. The summed E-state index contributed by atoms with van der Waals surface area (Å²) in [6, 6.07) is 9.00. The minimum atomic E-state index is -1.25. The molecule has 2 N–H and O–H groups in total. The molecule has 5 heteroatoms. The first-order valence-electron chi connectivity index (χ1n) is 5.26. The van der Waals surface area contributed by atoms with Crippen molar-refractivity contribution in [3.05, 3.63) is 53.3 Å². The minimum Gasteiger partial charge on any atom is -0.478 e. The molecule has 1 heterocycles. The van der Waals surface area contributed by atoms with Crippen molar-refractivity contribution in [1.82, 2.24) is 4.57 Å². The molecule has 0 bridgehead atoms. The second kappa shape index (κ2) is 4.37. The molecule has 0 spiro atoms. The normalized spacial score (nSPS) is 10.3. The van der Waals surface area contributed by atoms with Crippen LogP contribution in [0.1, 0.15) is 26.4 Å². The van der Waals surface area contributed by atoms with Gasteiger partial charge >= 0.3 is 11.9 Å². The lowest BCUT2D eigenvalue weighted by atomic mass is 10.1. The van der Waals surface area contributed by atoms with Gasteiger partial charge < -0.3 is 14.8 Å². The van der Waals surface area contributed by atoms with Gasteiger partial charge in [-0.25, -0.2) is 9.59 Å². The third kappa shape index (κ3) is 1.86. The van der Waals surface area contributed by atoms with E-state index in [1.165, 1.54) is 6.20 Å². The van der Waals surface area contributed by atoms with E-state index in [1.807, 2.05) is 6.07 Å². The fourth-order valence-electron chi connectivity index (χ4n) is 1.89. The molecule has 5 nitrogen and oxygen atoms in total.